The molecule has 0 aliphatic rings. The molecule has 4 nitrogen and oxygen atoms in total. The first-order valence-corrected chi connectivity index (χ1v) is 3.79. The number of nitrogens with one attached hydrogen (secondary N) is 1. The van der Waals surface area contributed by atoms with Crippen LogP contribution >= 0.6 is 15.9 Å². The van der Waals surface area contributed by atoms with E-state index in [1.807, 2.05) is 0 Å². The largest absolute Gasteiger partial charge is 0.332 e. The summed E-state index contributed by atoms with van der Waals surface area (Å²) >= 11 is 3.15. The Bertz CT molecular complexity index is 444. The lowest BCUT2D eigenvalue weighted by Gasteiger charge is -1.90. The second kappa shape index (κ2) is 2.20. The van der Waals surface area contributed by atoms with Crippen LogP contribution in [0.2, 0.25) is 0 Å². The first-order valence-electron chi connectivity index (χ1n) is 3.00. The zero-order valence-electron chi connectivity index (χ0n) is 5.41. The molecule has 11 heavy (non-hydrogen) atoms. The van der Waals surface area contributed by atoms with Crippen molar-refractivity contribution in [1.82, 2.24) is 14.4 Å². The second-order valence-corrected chi connectivity index (χ2v) is 2.78. The van der Waals surface area contributed by atoms with Gasteiger partial charge in [-0.05, 0) is 22.0 Å². The third-order valence-electron chi connectivity index (χ3n) is 1.41. The lowest BCUT2D eigenvalue weighted by atomic mass is 10.5. The maximum atomic E-state index is 11.1. The van der Waals surface area contributed by atoms with Gasteiger partial charge < -0.3 is 4.98 Å². The Morgan fingerprint density at radius 3 is 3.18 bits per heavy atom. The molecule has 2 aromatic rings. The molecular formula is C6H4BrN3O. The molecule has 0 aliphatic heterocycles. The highest BCUT2D eigenvalue weighted by atomic mass is 79.9. The normalized spacial score (nSPS) is 10.6. The molecule has 0 bridgehead atoms. The number of nitrogens with zero attached hydrogens (tertiary/aromatic N) is 2. The number of H-pyrrole nitrogens is 1. The van der Waals surface area contributed by atoms with Gasteiger partial charge in [-0.1, -0.05) is 0 Å². The highest BCUT2D eigenvalue weighted by Gasteiger charge is 2.00. The fourth-order valence-electron chi connectivity index (χ4n) is 0.923. The van der Waals surface area contributed by atoms with Crippen LogP contribution in [0.3, 0.4) is 0 Å². The fourth-order valence-corrected chi connectivity index (χ4v) is 1.39. The monoisotopic (exact) mass is 213 g/mol. The highest BCUT2D eigenvalue weighted by Crippen LogP contribution is 2.07. The Morgan fingerprint density at radius 1 is 1.64 bits per heavy atom. The van der Waals surface area contributed by atoms with Gasteiger partial charge in [0.15, 0.2) is 4.73 Å². The van der Waals surface area contributed by atoms with Gasteiger partial charge in [-0.3, -0.25) is 0 Å². The Morgan fingerprint density at radius 2 is 2.45 bits per heavy atom. The van der Waals surface area contributed by atoms with Crippen molar-refractivity contribution in [3.05, 3.63) is 33.7 Å². The molecule has 0 unspecified atom stereocenters. The van der Waals surface area contributed by atoms with Crippen molar-refractivity contribution in [2.45, 2.75) is 0 Å². The minimum atomic E-state index is -0.188. The van der Waals surface area contributed by atoms with Crippen LogP contribution in [-0.4, -0.2) is 14.4 Å². The van der Waals surface area contributed by atoms with E-state index in [4.69, 9.17) is 0 Å². The van der Waals surface area contributed by atoms with Gasteiger partial charge >= 0.3 is 5.69 Å². The summed E-state index contributed by atoms with van der Waals surface area (Å²) in [5.41, 5.74) is 0.590. The van der Waals surface area contributed by atoms with Crippen LogP contribution in [0.1, 0.15) is 0 Å². The van der Waals surface area contributed by atoms with Crippen molar-refractivity contribution < 1.29 is 0 Å². The van der Waals surface area contributed by atoms with Gasteiger partial charge in [0.2, 0.25) is 0 Å². The van der Waals surface area contributed by atoms with Crippen LogP contribution in [0.5, 0.6) is 0 Å². The van der Waals surface area contributed by atoms with Crippen LogP contribution in [0.4, 0.5) is 0 Å². The molecule has 2 aromatic heterocycles. The second-order valence-electron chi connectivity index (χ2n) is 2.07. The molecule has 1 N–H and O–H groups in total. The Labute approximate surface area is 70.0 Å². The predicted octanol–water partition coefficient (Wildman–Crippen LogP) is 0.785. The van der Waals surface area contributed by atoms with Gasteiger partial charge in [-0.25, -0.2) is 14.2 Å². The molecule has 0 saturated carbocycles. The number of imidazole rings is 1. The summed E-state index contributed by atoms with van der Waals surface area (Å²) in [6, 6.07) is 1.78. The summed E-state index contributed by atoms with van der Waals surface area (Å²) in [4.78, 5) is 17.6. The van der Waals surface area contributed by atoms with Gasteiger partial charge in [0.25, 0.3) is 0 Å². The Hall–Kier alpha value is -1.10. The minimum absolute atomic E-state index is 0.188. The highest BCUT2D eigenvalue weighted by molar-refractivity contribution is 9.10. The molecule has 0 saturated heterocycles. The quantitative estimate of drug-likeness (QED) is 0.704. The van der Waals surface area contributed by atoms with Crippen LogP contribution in [0.15, 0.2) is 28.0 Å². The fraction of sp³-hybridized carbons (Fsp3) is 0. The molecule has 0 amide bonds. The van der Waals surface area contributed by atoms with E-state index in [2.05, 4.69) is 25.9 Å². The van der Waals surface area contributed by atoms with Crippen molar-refractivity contribution in [3.8, 4) is 0 Å². The van der Waals surface area contributed by atoms with Crippen LogP contribution in [0.25, 0.3) is 5.52 Å². The maximum Gasteiger partial charge on any atom is 0.332 e. The standard InChI is InChI=1S/C6H4BrN3O/c7-5-9-3-4-1-2-8-6(11)10(4)5/h1-3H,(H,8,11). The summed E-state index contributed by atoms with van der Waals surface area (Å²) in [5.74, 6) is 0. The predicted molar refractivity (Wildman–Crippen MR) is 43.5 cm³/mol. The van der Waals surface area contributed by atoms with Crippen molar-refractivity contribution in [2.24, 2.45) is 0 Å². The Balaban J connectivity index is 3.08. The van der Waals surface area contributed by atoms with Gasteiger partial charge in [0.05, 0.1) is 11.7 Å². The lowest BCUT2D eigenvalue weighted by molar-refractivity contribution is 0.967. The van der Waals surface area contributed by atoms with Crippen molar-refractivity contribution in [2.75, 3.05) is 0 Å². The molecular weight excluding hydrogens is 210 g/mol. The van der Waals surface area contributed by atoms with Gasteiger partial charge in [-0.15, -0.1) is 0 Å². The van der Waals surface area contributed by atoms with Crippen LogP contribution < -0.4 is 5.69 Å². The van der Waals surface area contributed by atoms with Gasteiger partial charge in [0, 0.05) is 6.20 Å². The van der Waals surface area contributed by atoms with E-state index in [-0.39, 0.29) is 5.69 Å². The summed E-state index contributed by atoms with van der Waals surface area (Å²) in [6.45, 7) is 0. The molecule has 5 heteroatoms. The SMILES string of the molecule is O=c1[nH]ccc2cnc(Br)n12. The molecule has 0 aromatic carbocycles. The molecule has 0 fully saturated rings. The van der Waals surface area contributed by atoms with E-state index < -0.39 is 0 Å². The van der Waals surface area contributed by atoms with E-state index in [0.29, 0.717) is 4.73 Å². The number of aromatic amines is 1. The van der Waals surface area contributed by atoms with E-state index in [0.717, 1.165) is 5.52 Å². The molecule has 56 valence electrons. The van der Waals surface area contributed by atoms with Crippen LogP contribution in [-0.2, 0) is 0 Å². The topological polar surface area (TPSA) is 50.2 Å². The van der Waals surface area contributed by atoms with E-state index in [9.17, 15) is 4.79 Å². The smallest absolute Gasteiger partial charge is 0.314 e. The molecule has 0 atom stereocenters. The van der Waals surface area contributed by atoms with Crippen LogP contribution in [0, 0.1) is 0 Å². The van der Waals surface area contributed by atoms with E-state index >= 15 is 0 Å². The first kappa shape index (κ1) is 6.60. The van der Waals surface area contributed by atoms with Gasteiger partial charge in [-0.2, -0.15) is 0 Å². The zero-order chi connectivity index (χ0) is 7.84. The minimum Gasteiger partial charge on any atom is -0.314 e. The van der Waals surface area contributed by atoms with Crippen molar-refractivity contribution in [3.63, 3.8) is 0 Å². The lowest BCUT2D eigenvalue weighted by Crippen LogP contribution is -2.14. The van der Waals surface area contributed by atoms with Crippen molar-refractivity contribution >= 4 is 21.4 Å². The first-order chi connectivity index (χ1) is 5.29. The summed E-state index contributed by atoms with van der Waals surface area (Å²) in [7, 11) is 0. The average molecular weight is 214 g/mol. The number of hydrogen-bond donors (Lipinski definition) is 1. The Kier molecular flexibility index (Phi) is 1.32. The third kappa shape index (κ3) is 0.883. The summed E-state index contributed by atoms with van der Waals surface area (Å²) in [6.07, 6.45) is 3.21. The average Bonchev–Trinajstić information content (AvgIpc) is 2.34. The number of aromatic nitrogens is 3. The maximum absolute atomic E-state index is 11.1. The van der Waals surface area contributed by atoms with Gasteiger partial charge in [0.1, 0.15) is 0 Å². The molecule has 2 heterocycles. The summed E-state index contributed by atoms with van der Waals surface area (Å²) in [5, 5.41) is 0. The number of rotatable bonds is 0. The van der Waals surface area contributed by atoms with E-state index in [1.165, 1.54) is 4.40 Å². The van der Waals surface area contributed by atoms with Crippen molar-refractivity contribution in [1.29, 1.82) is 0 Å². The number of hydrogen-bond acceptors (Lipinski definition) is 2. The molecule has 0 spiro atoms. The molecule has 0 radical (unpaired) electrons. The summed E-state index contributed by atoms with van der Waals surface area (Å²) < 4.78 is 1.97. The molecule has 0 aliphatic carbocycles. The number of fused-ring (bicyclic) bond motifs is 1. The zero-order valence-corrected chi connectivity index (χ0v) is 7.00. The third-order valence-corrected chi connectivity index (χ3v) is 1.97. The van der Waals surface area contributed by atoms with E-state index in [1.54, 1.807) is 18.5 Å². The number of halogens is 1. The molecule has 2 rings (SSSR count).